The average Bonchev–Trinajstić information content (AvgIpc) is 3.67. The lowest BCUT2D eigenvalue weighted by atomic mass is 10.1. The lowest BCUT2D eigenvalue weighted by molar-refractivity contribution is -0.147. The van der Waals surface area contributed by atoms with Gasteiger partial charge in [-0.05, 0) is 29.0 Å². The quantitative estimate of drug-likeness (QED) is 0.104. The fourth-order valence-electron chi connectivity index (χ4n) is 6.22. The summed E-state index contributed by atoms with van der Waals surface area (Å²) in [6.07, 6.45) is -1.89. The third-order valence-electron chi connectivity index (χ3n) is 8.99. The Labute approximate surface area is 285 Å². The van der Waals surface area contributed by atoms with Crippen LogP contribution in [0.2, 0.25) is 0 Å². The Kier molecular flexibility index (Phi) is 9.04. The normalized spacial score (nSPS) is 24.2. The predicted molar refractivity (Wildman–Crippen MR) is 181 cm³/mol. The van der Waals surface area contributed by atoms with Gasteiger partial charge in [-0.1, -0.05) is 97.1 Å². The third kappa shape index (κ3) is 6.67. The number of aliphatic hydroxyl groups excluding tert-OH is 1. The maximum atomic E-state index is 14.9. The van der Waals surface area contributed by atoms with Gasteiger partial charge in [-0.25, -0.2) is 9.36 Å². The van der Waals surface area contributed by atoms with Crippen molar-refractivity contribution < 1.29 is 38.1 Å². The van der Waals surface area contributed by atoms with Crippen molar-refractivity contribution in [3.8, 4) is 5.75 Å². The number of benzene rings is 4. The van der Waals surface area contributed by atoms with E-state index in [1.165, 1.54) is 0 Å². The zero-order chi connectivity index (χ0) is 34.9. The topological polar surface area (TPSA) is 178 Å². The number of nitrogens with one attached hydrogen (secondary N) is 2. The summed E-state index contributed by atoms with van der Waals surface area (Å²) < 4.78 is 39.7. The second-order valence-electron chi connectivity index (χ2n) is 12.4. The lowest BCUT2D eigenvalue weighted by Crippen LogP contribution is -2.40. The van der Waals surface area contributed by atoms with Crippen LogP contribution in [0.3, 0.4) is 0 Å². The average molecular weight is 700 g/mol. The summed E-state index contributed by atoms with van der Waals surface area (Å²) in [7, 11) is -4.55. The van der Waals surface area contributed by atoms with E-state index >= 15 is 0 Å². The van der Waals surface area contributed by atoms with Gasteiger partial charge in [-0.2, -0.15) is 5.09 Å². The molecule has 50 heavy (non-hydrogen) atoms. The molecule has 258 valence electrons. The van der Waals surface area contributed by atoms with Crippen LogP contribution in [0.15, 0.2) is 125 Å². The Morgan fingerprint density at radius 3 is 2.38 bits per heavy atom. The largest absolute Gasteiger partial charge is 0.460 e. The van der Waals surface area contributed by atoms with Crippen molar-refractivity contribution >= 4 is 24.5 Å². The summed E-state index contributed by atoms with van der Waals surface area (Å²) in [6, 6.07) is 30.5. The first-order valence-electron chi connectivity index (χ1n) is 15.9. The molecule has 4 aromatic carbocycles. The van der Waals surface area contributed by atoms with Gasteiger partial charge in [0.1, 0.15) is 35.7 Å². The number of H-pyrrole nitrogens is 1. The Hall–Kier alpha value is -4.88. The van der Waals surface area contributed by atoms with Gasteiger partial charge >= 0.3 is 19.4 Å². The van der Waals surface area contributed by atoms with Crippen molar-refractivity contribution in [3.63, 3.8) is 0 Å². The maximum Gasteiger partial charge on any atom is 0.459 e. The number of aromatic nitrogens is 2. The third-order valence-corrected chi connectivity index (χ3v) is 10.5. The van der Waals surface area contributed by atoms with E-state index in [9.17, 15) is 29.2 Å². The molecule has 1 saturated heterocycles. The summed E-state index contributed by atoms with van der Waals surface area (Å²) in [4.78, 5) is 39.9. The molecule has 0 amide bonds. The first kappa shape index (κ1) is 33.6. The molecule has 1 aromatic heterocycles. The number of fused-ring (bicyclic) bond motifs is 2. The zero-order valence-electron chi connectivity index (χ0n) is 26.6. The molecule has 1 aliphatic heterocycles. The van der Waals surface area contributed by atoms with Gasteiger partial charge in [0, 0.05) is 24.1 Å². The minimum atomic E-state index is -4.55. The fraction of sp³-hybridized carbons (Fsp3) is 0.250. The molecule has 4 N–H and O–H groups in total. The number of ether oxygens (including phenoxy) is 2. The number of aromatic amines is 1. The molecule has 2 heterocycles. The highest BCUT2D eigenvalue weighted by Gasteiger charge is 2.80. The van der Waals surface area contributed by atoms with Crippen LogP contribution >= 0.6 is 7.75 Å². The van der Waals surface area contributed by atoms with Gasteiger partial charge in [0.15, 0.2) is 6.23 Å². The highest BCUT2D eigenvalue weighted by molar-refractivity contribution is 7.52. The fourth-order valence-corrected chi connectivity index (χ4v) is 7.78. The van der Waals surface area contributed by atoms with Crippen molar-refractivity contribution in [3.05, 3.63) is 147 Å². The van der Waals surface area contributed by atoms with E-state index in [2.05, 4.69) is 10.1 Å². The van der Waals surface area contributed by atoms with E-state index in [0.717, 1.165) is 33.3 Å². The van der Waals surface area contributed by atoms with Gasteiger partial charge in [0.2, 0.25) is 0 Å². The number of carbonyl (C=O) groups is 1. The standard InChI is InChI=1S/C36H34N3O10P/c40-30-18-19-39(34(43)37-30)32-31(41)36(44)22-35(36,48-32)23-47-50(45,49-29-17-9-15-26-14-7-8-16-27(26)29)38-28(20-24-10-3-1-4-11-24)33(42)46-21-25-12-5-2-6-13-25/h1-19,28,31-32,41,44H,20-23H2,(H,38,45)(H,37,40,43)/t28-,31-,32+,35+,36-,50?/m0/s1. The molecule has 5 aromatic rings. The number of esters is 1. The minimum absolute atomic E-state index is 0.0324. The Morgan fingerprint density at radius 2 is 1.64 bits per heavy atom. The van der Waals surface area contributed by atoms with E-state index < -0.39 is 61.1 Å². The smallest absolute Gasteiger partial charge is 0.459 e. The molecule has 6 atom stereocenters. The number of carbonyl (C=O) groups excluding carboxylic acids is 1. The highest BCUT2D eigenvalue weighted by atomic mass is 31.2. The minimum Gasteiger partial charge on any atom is -0.460 e. The first-order valence-corrected chi connectivity index (χ1v) is 17.5. The second kappa shape index (κ2) is 13.4. The number of rotatable bonds is 13. The van der Waals surface area contributed by atoms with Crippen LogP contribution in [0.5, 0.6) is 5.75 Å². The Morgan fingerprint density at radius 1 is 0.960 bits per heavy atom. The monoisotopic (exact) mass is 699 g/mol. The van der Waals surface area contributed by atoms with E-state index in [1.807, 2.05) is 78.9 Å². The van der Waals surface area contributed by atoms with Crippen LogP contribution in [0.25, 0.3) is 10.8 Å². The SMILES string of the molecule is O=C(OCc1ccccc1)[C@H](Cc1ccccc1)NP(=O)(OC[C@]12C[C@]1(O)[C@@H](O)[C@H](n1ccc(=O)[nH]c1=O)O2)Oc1cccc2ccccc12. The molecular formula is C36H34N3O10P. The van der Waals surface area contributed by atoms with Crippen molar-refractivity contribution in [2.75, 3.05) is 6.61 Å². The lowest BCUT2D eigenvalue weighted by Gasteiger charge is -2.27. The number of hydrogen-bond donors (Lipinski definition) is 4. The predicted octanol–water partition coefficient (Wildman–Crippen LogP) is 3.60. The van der Waals surface area contributed by atoms with Gasteiger partial charge in [-0.15, -0.1) is 0 Å². The summed E-state index contributed by atoms with van der Waals surface area (Å²) in [5.41, 5.74) is -3.49. The summed E-state index contributed by atoms with van der Waals surface area (Å²) in [6.45, 7) is -0.601. The molecule has 0 spiro atoms. The first-order chi connectivity index (χ1) is 24.1. The van der Waals surface area contributed by atoms with Gasteiger partial charge in [-0.3, -0.25) is 23.7 Å². The van der Waals surface area contributed by atoms with Crippen molar-refractivity contribution in [2.24, 2.45) is 0 Å². The summed E-state index contributed by atoms with van der Waals surface area (Å²) in [5, 5.41) is 26.6. The van der Waals surface area contributed by atoms with Gasteiger partial charge in [0.05, 0.1) is 6.61 Å². The molecule has 2 aliphatic rings. The molecule has 7 rings (SSSR count). The van der Waals surface area contributed by atoms with Crippen LogP contribution in [0.4, 0.5) is 0 Å². The molecule has 13 nitrogen and oxygen atoms in total. The molecule has 1 unspecified atom stereocenters. The van der Waals surface area contributed by atoms with Crippen LogP contribution in [-0.2, 0) is 36.4 Å². The van der Waals surface area contributed by atoms with Crippen LogP contribution < -0.4 is 20.9 Å². The van der Waals surface area contributed by atoms with Gasteiger partial charge in [0.25, 0.3) is 5.56 Å². The van der Waals surface area contributed by atoms with E-state index in [0.29, 0.717) is 5.39 Å². The summed E-state index contributed by atoms with van der Waals surface area (Å²) >= 11 is 0. The molecule has 14 heteroatoms. The molecule has 2 fully saturated rings. The number of aliphatic hydroxyl groups is 2. The van der Waals surface area contributed by atoms with Crippen molar-refractivity contribution in [1.82, 2.24) is 14.6 Å². The van der Waals surface area contributed by atoms with E-state index in [-0.39, 0.29) is 25.2 Å². The van der Waals surface area contributed by atoms with Crippen LogP contribution in [0.1, 0.15) is 23.8 Å². The molecular weight excluding hydrogens is 665 g/mol. The number of nitrogens with zero attached hydrogens (tertiary/aromatic N) is 1. The highest BCUT2D eigenvalue weighted by Crippen LogP contribution is 2.63. The van der Waals surface area contributed by atoms with E-state index in [1.54, 1.807) is 24.3 Å². The number of hydrogen-bond acceptors (Lipinski definition) is 10. The zero-order valence-corrected chi connectivity index (χ0v) is 27.5. The molecule has 1 aliphatic carbocycles. The Bertz CT molecular complexity index is 2170. The van der Waals surface area contributed by atoms with Crippen molar-refractivity contribution in [2.45, 2.75) is 49.0 Å². The Balaban J connectivity index is 1.19. The second-order valence-corrected chi connectivity index (χ2v) is 14.1. The summed E-state index contributed by atoms with van der Waals surface area (Å²) in [5.74, 6) is -0.516. The van der Waals surface area contributed by atoms with Gasteiger partial charge < -0.3 is 24.2 Å². The maximum absolute atomic E-state index is 14.9. The van der Waals surface area contributed by atoms with E-state index in [4.69, 9.17) is 18.5 Å². The van der Waals surface area contributed by atoms with Crippen LogP contribution in [-0.4, -0.2) is 55.7 Å². The molecule has 0 bridgehead atoms. The molecule has 0 radical (unpaired) electrons. The molecule has 1 saturated carbocycles. The van der Waals surface area contributed by atoms with Crippen LogP contribution in [0, 0.1) is 0 Å². The van der Waals surface area contributed by atoms with Crippen molar-refractivity contribution in [1.29, 1.82) is 0 Å².